The maximum absolute atomic E-state index is 11.5. The van der Waals surface area contributed by atoms with E-state index in [-0.39, 0.29) is 5.97 Å². The van der Waals surface area contributed by atoms with Crippen LogP contribution in [0.15, 0.2) is 30.5 Å². The zero-order valence-corrected chi connectivity index (χ0v) is 8.86. The maximum Gasteiger partial charge on any atom is 0.338 e. The maximum atomic E-state index is 11.5. The zero-order chi connectivity index (χ0) is 10.8. The molecule has 1 heterocycles. The number of esters is 1. The lowest BCUT2D eigenvalue weighted by Gasteiger charge is -2.02. The van der Waals surface area contributed by atoms with E-state index in [0.29, 0.717) is 12.2 Å². The van der Waals surface area contributed by atoms with Gasteiger partial charge in [-0.25, -0.2) is 4.79 Å². The first kappa shape index (κ1) is 9.77. The molecule has 0 N–H and O–H groups in total. The van der Waals surface area contributed by atoms with Gasteiger partial charge >= 0.3 is 5.97 Å². The van der Waals surface area contributed by atoms with Crippen LogP contribution in [0.4, 0.5) is 0 Å². The second-order valence-electron chi connectivity index (χ2n) is 3.42. The van der Waals surface area contributed by atoms with Gasteiger partial charge in [-0.2, -0.15) is 0 Å². The Kier molecular flexibility index (Phi) is 2.46. The molecule has 2 rings (SSSR count). The van der Waals surface area contributed by atoms with E-state index in [4.69, 9.17) is 4.74 Å². The Morgan fingerprint density at radius 1 is 1.40 bits per heavy atom. The second-order valence-corrected chi connectivity index (χ2v) is 3.42. The van der Waals surface area contributed by atoms with Crippen molar-refractivity contribution in [1.29, 1.82) is 0 Å². The Morgan fingerprint density at radius 2 is 2.20 bits per heavy atom. The van der Waals surface area contributed by atoms with Crippen molar-refractivity contribution in [2.75, 3.05) is 6.61 Å². The number of carbonyl (C=O) groups excluding carboxylic acids is 1. The monoisotopic (exact) mass is 203 g/mol. The summed E-state index contributed by atoms with van der Waals surface area (Å²) in [6.07, 6.45) is 1.97. The van der Waals surface area contributed by atoms with Crippen molar-refractivity contribution in [3.63, 3.8) is 0 Å². The highest BCUT2D eigenvalue weighted by Gasteiger charge is 2.07. The minimum absolute atomic E-state index is 0.261. The zero-order valence-electron chi connectivity index (χ0n) is 8.86. The van der Waals surface area contributed by atoms with E-state index < -0.39 is 0 Å². The van der Waals surface area contributed by atoms with Gasteiger partial charge in [-0.1, -0.05) is 0 Å². The molecule has 0 amide bonds. The number of rotatable bonds is 2. The van der Waals surface area contributed by atoms with Gasteiger partial charge in [0, 0.05) is 24.1 Å². The minimum atomic E-state index is -0.261. The molecule has 0 bridgehead atoms. The van der Waals surface area contributed by atoms with E-state index in [1.165, 1.54) is 0 Å². The summed E-state index contributed by atoms with van der Waals surface area (Å²) >= 11 is 0. The summed E-state index contributed by atoms with van der Waals surface area (Å²) in [5, 5.41) is 1.06. The highest BCUT2D eigenvalue weighted by molar-refractivity contribution is 5.94. The van der Waals surface area contributed by atoms with Crippen LogP contribution >= 0.6 is 0 Å². The molecule has 0 saturated carbocycles. The number of hydrogen-bond acceptors (Lipinski definition) is 2. The average Bonchev–Trinajstić information content (AvgIpc) is 2.60. The third-order valence-corrected chi connectivity index (χ3v) is 2.40. The fraction of sp³-hybridized carbons (Fsp3) is 0.250. The summed E-state index contributed by atoms with van der Waals surface area (Å²) in [4.78, 5) is 11.5. The van der Waals surface area contributed by atoms with Gasteiger partial charge in [-0.15, -0.1) is 0 Å². The Bertz CT molecular complexity index is 499. The fourth-order valence-corrected chi connectivity index (χ4v) is 1.62. The fourth-order valence-electron chi connectivity index (χ4n) is 1.62. The summed E-state index contributed by atoms with van der Waals surface area (Å²) in [6.45, 7) is 2.21. The molecule has 3 nitrogen and oxygen atoms in total. The van der Waals surface area contributed by atoms with Crippen LogP contribution in [0.5, 0.6) is 0 Å². The van der Waals surface area contributed by atoms with Crippen molar-refractivity contribution < 1.29 is 9.53 Å². The molecule has 3 heteroatoms. The molecule has 0 fully saturated rings. The standard InChI is InChI=1S/C12H13NO2/c1-3-15-12(14)10-4-5-11-9(8-10)6-7-13(11)2/h4-8H,3H2,1-2H3. The van der Waals surface area contributed by atoms with Crippen LogP contribution in [0.3, 0.4) is 0 Å². The van der Waals surface area contributed by atoms with Crippen molar-refractivity contribution in [3.8, 4) is 0 Å². The molecule has 0 radical (unpaired) electrons. The summed E-state index contributed by atoms with van der Waals surface area (Å²) < 4.78 is 6.96. The number of benzene rings is 1. The molecule has 0 spiro atoms. The van der Waals surface area contributed by atoms with E-state index in [0.717, 1.165) is 10.9 Å². The Hall–Kier alpha value is -1.77. The Balaban J connectivity index is 2.43. The van der Waals surface area contributed by atoms with Crippen LogP contribution in [0, 0.1) is 0 Å². The first-order chi connectivity index (χ1) is 7.22. The first-order valence-corrected chi connectivity index (χ1v) is 4.94. The third kappa shape index (κ3) is 1.73. The molecule has 15 heavy (non-hydrogen) atoms. The predicted molar refractivity (Wildman–Crippen MR) is 58.9 cm³/mol. The number of hydrogen-bond donors (Lipinski definition) is 0. The topological polar surface area (TPSA) is 31.2 Å². The number of carbonyl (C=O) groups is 1. The van der Waals surface area contributed by atoms with Crippen LogP contribution in [0.25, 0.3) is 10.9 Å². The normalized spacial score (nSPS) is 10.5. The summed E-state index contributed by atoms with van der Waals surface area (Å²) in [5.74, 6) is -0.261. The van der Waals surface area contributed by atoms with Crippen molar-refractivity contribution in [2.24, 2.45) is 7.05 Å². The number of fused-ring (bicyclic) bond motifs is 1. The Morgan fingerprint density at radius 3 is 2.93 bits per heavy atom. The molecule has 0 aliphatic rings. The highest BCUT2D eigenvalue weighted by Crippen LogP contribution is 2.17. The first-order valence-electron chi connectivity index (χ1n) is 4.94. The molecule has 0 aliphatic heterocycles. The Labute approximate surface area is 88.3 Å². The number of aromatic nitrogens is 1. The molecule has 0 unspecified atom stereocenters. The van der Waals surface area contributed by atoms with Gasteiger partial charge in [0.25, 0.3) is 0 Å². The number of nitrogens with zero attached hydrogens (tertiary/aromatic N) is 1. The van der Waals surface area contributed by atoms with E-state index in [1.54, 1.807) is 13.0 Å². The largest absolute Gasteiger partial charge is 0.462 e. The van der Waals surface area contributed by atoms with Crippen LogP contribution in [0.1, 0.15) is 17.3 Å². The molecule has 1 aromatic carbocycles. The molecular formula is C12H13NO2. The van der Waals surface area contributed by atoms with Gasteiger partial charge < -0.3 is 9.30 Å². The van der Waals surface area contributed by atoms with Crippen LogP contribution in [-0.4, -0.2) is 17.1 Å². The van der Waals surface area contributed by atoms with Gasteiger partial charge in [0.15, 0.2) is 0 Å². The SMILES string of the molecule is CCOC(=O)c1ccc2c(ccn2C)c1. The molecular weight excluding hydrogens is 190 g/mol. The third-order valence-electron chi connectivity index (χ3n) is 2.40. The summed E-state index contributed by atoms with van der Waals surface area (Å²) in [6, 6.07) is 7.56. The minimum Gasteiger partial charge on any atom is -0.462 e. The smallest absolute Gasteiger partial charge is 0.338 e. The van der Waals surface area contributed by atoms with E-state index in [2.05, 4.69) is 0 Å². The molecule has 1 aromatic heterocycles. The lowest BCUT2D eigenvalue weighted by molar-refractivity contribution is 0.0526. The van der Waals surface area contributed by atoms with Crippen LogP contribution in [0.2, 0.25) is 0 Å². The molecule has 0 aliphatic carbocycles. The quantitative estimate of drug-likeness (QED) is 0.701. The highest BCUT2D eigenvalue weighted by atomic mass is 16.5. The van der Waals surface area contributed by atoms with Crippen molar-refractivity contribution in [2.45, 2.75) is 6.92 Å². The lowest BCUT2D eigenvalue weighted by Crippen LogP contribution is -2.04. The van der Waals surface area contributed by atoms with E-state index >= 15 is 0 Å². The summed E-state index contributed by atoms with van der Waals surface area (Å²) in [5.41, 5.74) is 1.72. The number of ether oxygens (including phenoxy) is 1. The van der Waals surface area contributed by atoms with Gasteiger partial charge in [0.05, 0.1) is 12.2 Å². The molecule has 78 valence electrons. The van der Waals surface area contributed by atoms with E-state index in [9.17, 15) is 4.79 Å². The van der Waals surface area contributed by atoms with Gasteiger partial charge in [-0.05, 0) is 31.2 Å². The van der Waals surface area contributed by atoms with Gasteiger partial charge in [0.1, 0.15) is 0 Å². The predicted octanol–water partition coefficient (Wildman–Crippen LogP) is 2.36. The van der Waals surface area contributed by atoms with E-state index in [1.807, 2.05) is 36.0 Å². The van der Waals surface area contributed by atoms with Crippen LogP contribution in [-0.2, 0) is 11.8 Å². The number of aryl methyl sites for hydroxylation is 1. The van der Waals surface area contributed by atoms with Gasteiger partial charge in [0.2, 0.25) is 0 Å². The molecule has 0 saturated heterocycles. The molecule has 2 aromatic rings. The second kappa shape index (κ2) is 3.77. The van der Waals surface area contributed by atoms with Crippen molar-refractivity contribution in [3.05, 3.63) is 36.0 Å². The van der Waals surface area contributed by atoms with Crippen molar-refractivity contribution >= 4 is 16.9 Å². The average molecular weight is 203 g/mol. The lowest BCUT2D eigenvalue weighted by atomic mass is 10.1. The van der Waals surface area contributed by atoms with Crippen LogP contribution < -0.4 is 0 Å². The molecule has 0 atom stereocenters. The van der Waals surface area contributed by atoms with Gasteiger partial charge in [-0.3, -0.25) is 0 Å². The van der Waals surface area contributed by atoms with Crippen molar-refractivity contribution in [1.82, 2.24) is 4.57 Å². The summed E-state index contributed by atoms with van der Waals surface area (Å²) in [7, 11) is 1.98.